The van der Waals surface area contributed by atoms with Gasteiger partial charge in [-0.3, -0.25) is 4.79 Å². The second-order valence-electron chi connectivity index (χ2n) is 9.53. The first-order valence-corrected chi connectivity index (χ1v) is 14.0. The molecule has 0 unspecified atom stereocenters. The van der Waals surface area contributed by atoms with Gasteiger partial charge in [0.15, 0.2) is 0 Å². The van der Waals surface area contributed by atoms with Crippen LogP contribution in [-0.2, 0) is 28.7 Å². The van der Waals surface area contributed by atoms with Crippen LogP contribution in [0.4, 0.5) is 8.78 Å². The third-order valence-electron chi connectivity index (χ3n) is 6.16. The van der Waals surface area contributed by atoms with Crippen LogP contribution in [0.25, 0.3) is 0 Å². The topological polar surface area (TPSA) is 75.5 Å². The summed E-state index contributed by atoms with van der Waals surface area (Å²) < 4.78 is 55.9. The Morgan fingerprint density at radius 1 is 0.872 bits per heavy atom. The fraction of sp³-hybridized carbons (Fsp3) is 0.241. The summed E-state index contributed by atoms with van der Waals surface area (Å²) >= 11 is 0. The molecule has 4 aromatic rings. The first-order chi connectivity index (χ1) is 18.6. The molecule has 0 fully saturated rings. The van der Waals surface area contributed by atoms with Crippen LogP contribution in [0.5, 0.6) is 0 Å². The summed E-state index contributed by atoms with van der Waals surface area (Å²) in [6.45, 7) is 1.15. The third kappa shape index (κ3) is 7.36. The average molecular weight is 553 g/mol. The lowest BCUT2D eigenvalue weighted by molar-refractivity contribution is 0.0727. The van der Waals surface area contributed by atoms with Crippen molar-refractivity contribution in [3.8, 4) is 0 Å². The molecule has 0 saturated heterocycles. The summed E-state index contributed by atoms with van der Waals surface area (Å²) in [4.78, 5) is 21.2. The van der Waals surface area contributed by atoms with Crippen molar-refractivity contribution < 1.29 is 22.0 Å². The second kappa shape index (κ2) is 12.3. The van der Waals surface area contributed by atoms with Crippen LogP contribution in [0.3, 0.4) is 0 Å². The number of sulfone groups is 1. The lowest BCUT2D eigenvalue weighted by Gasteiger charge is -2.25. The van der Waals surface area contributed by atoms with Crippen LogP contribution >= 0.6 is 0 Å². The zero-order chi connectivity index (χ0) is 28.0. The van der Waals surface area contributed by atoms with Crippen molar-refractivity contribution in [2.45, 2.75) is 24.0 Å². The number of aromatic nitrogens is 2. The Hall–Kier alpha value is -3.89. The van der Waals surface area contributed by atoms with Crippen molar-refractivity contribution in [2.75, 3.05) is 27.2 Å². The minimum absolute atomic E-state index is 0.0646. The van der Waals surface area contributed by atoms with E-state index in [4.69, 9.17) is 0 Å². The molecule has 0 atom stereocenters. The Morgan fingerprint density at radius 3 is 2.26 bits per heavy atom. The molecule has 7 nitrogen and oxygen atoms in total. The number of rotatable bonds is 11. The Morgan fingerprint density at radius 2 is 1.59 bits per heavy atom. The van der Waals surface area contributed by atoms with Gasteiger partial charge in [0.25, 0.3) is 5.91 Å². The first kappa shape index (κ1) is 28.1. The van der Waals surface area contributed by atoms with Gasteiger partial charge in [-0.25, -0.2) is 22.2 Å². The van der Waals surface area contributed by atoms with E-state index in [9.17, 15) is 22.0 Å². The Balaban J connectivity index is 1.71. The highest BCUT2D eigenvalue weighted by Gasteiger charge is 2.26. The molecule has 0 aliphatic rings. The summed E-state index contributed by atoms with van der Waals surface area (Å²) in [5.74, 6) is -1.70. The predicted molar refractivity (Wildman–Crippen MR) is 145 cm³/mol. The number of carbonyl (C=O) groups excluding carboxylic acids is 1. The molecule has 1 aromatic heterocycles. The number of nitrogens with zero attached hydrogens (tertiary/aromatic N) is 4. The Labute approximate surface area is 227 Å². The number of carbonyl (C=O) groups is 1. The van der Waals surface area contributed by atoms with E-state index in [1.807, 2.05) is 49.3 Å². The van der Waals surface area contributed by atoms with Crippen molar-refractivity contribution in [1.82, 2.24) is 19.4 Å². The molecule has 0 aliphatic carbocycles. The molecule has 10 heteroatoms. The van der Waals surface area contributed by atoms with E-state index >= 15 is 0 Å². The van der Waals surface area contributed by atoms with Crippen molar-refractivity contribution in [3.05, 3.63) is 119 Å². The lowest BCUT2D eigenvalue weighted by atomic mass is 10.2. The van der Waals surface area contributed by atoms with E-state index in [1.54, 1.807) is 15.5 Å². The van der Waals surface area contributed by atoms with Gasteiger partial charge in [0, 0.05) is 18.7 Å². The molecule has 1 amide bonds. The summed E-state index contributed by atoms with van der Waals surface area (Å²) in [5.41, 5.74) is 2.00. The second-order valence-corrected chi connectivity index (χ2v) is 11.4. The molecule has 3 aromatic carbocycles. The van der Waals surface area contributed by atoms with Crippen LogP contribution in [0, 0.1) is 11.6 Å². The molecule has 1 heterocycles. The minimum atomic E-state index is -3.93. The van der Waals surface area contributed by atoms with Crippen molar-refractivity contribution >= 4 is 15.7 Å². The number of benzene rings is 3. The summed E-state index contributed by atoms with van der Waals surface area (Å²) in [5, 5.41) is -0.142. The molecular weight excluding hydrogens is 522 g/mol. The maximum atomic E-state index is 13.9. The van der Waals surface area contributed by atoms with E-state index in [0.29, 0.717) is 24.3 Å². The summed E-state index contributed by atoms with van der Waals surface area (Å²) in [7, 11) is -0.168. The van der Waals surface area contributed by atoms with Gasteiger partial charge in [-0.2, -0.15) is 0 Å². The molecule has 39 heavy (non-hydrogen) atoms. The zero-order valence-corrected chi connectivity index (χ0v) is 22.6. The van der Waals surface area contributed by atoms with Crippen molar-refractivity contribution in [1.29, 1.82) is 0 Å². The number of halogens is 2. The Kier molecular flexibility index (Phi) is 8.88. The number of hydrogen-bond donors (Lipinski definition) is 0. The molecule has 0 bridgehead atoms. The number of hydrogen-bond acceptors (Lipinski definition) is 5. The van der Waals surface area contributed by atoms with Gasteiger partial charge < -0.3 is 14.4 Å². The number of imidazole rings is 1. The van der Waals surface area contributed by atoms with E-state index in [1.165, 1.54) is 48.7 Å². The van der Waals surface area contributed by atoms with Crippen molar-refractivity contribution in [3.63, 3.8) is 0 Å². The predicted octanol–water partition coefficient (Wildman–Crippen LogP) is 4.39. The van der Waals surface area contributed by atoms with Gasteiger partial charge in [0.1, 0.15) is 11.6 Å². The SMILES string of the molecule is CN(C)CCN(Cc1cnc(S(=O)(=O)Cc2ccc(F)cc2)n1Cc1ccccc1)C(=O)c1cccc(F)c1. The lowest BCUT2D eigenvalue weighted by Crippen LogP contribution is -2.37. The fourth-order valence-electron chi connectivity index (χ4n) is 4.14. The number of likely N-dealkylation sites (N-methyl/N-ethyl adjacent to an activating group) is 1. The van der Waals surface area contributed by atoms with Crippen molar-refractivity contribution in [2.24, 2.45) is 0 Å². The Bertz CT molecular complexity index is 1520. The summed E-state index contributed by atoms with van der Waals surface area (Å²) in [6, 6.07) is 20.1. The number of amides is 1. The summed E-state index contributed by atoms with van der Waals surface area (Å²) in [6.07, 6.45) is 1.46. The van der Waals surface area contributed by atoms with E-state index < -0.39 is 21.5 Å². The highest BCUT2D eigenvalue weighted by atomic mass is 32.2. The monoisotopic (exact) mass is 552 g/mol. The maximum absolute atomic E-state index is 13.9. The quantitative estimate of drug-likeness (QED) is 0.276. The molecule has 4 rings (SSSR count). The molecule has 0 aliphatic heterocycles. The van der Waals surface area contributed by atoms with Gasteiger partial charge in [-0.1, -0.05) is 48.5 Å². The molecule has 0 saturated carbocycles. The molecule has 0 N–H and O–H groups in total. The minimum Gasteiger partial charge on any atom is -0.331 e. The molecule has 0 spiro atoms. The van der Waals surface area contributed by atoms with E-state index in [0.717, 1.165) is 5.56 Å². The van der Waals surface area contributed by atoms with Crippen LogP contribution in [0.2, 0.25) is 0 Å². The van der Waals surface area contributed by atoms with Gasteiger partial charge in [-0.15, -0.1) is 0 Å². The van der Waals surface area contributed by atoms with Crippen LogP contribution in [0.15, 0.2) is 90.2 Å². The molecular formula is C29H30F2N4O3S. The molecule has 0 radical (unpaired) electrons. The maximum Gasteiger partial charge on any atom is 0.254 e. The van der Waals surface area contributed by atoms with Crippen LogP contribution in [-0.4, -0.2) is 60.9 Å². The van der Waals surface area contributed by atoms with Crippen LogP contribution in [0.1, 0.15) is 27.2 Å². The normalized spacial score (nSPS) is 11.6. The van der Waals surface area contributed by atoms with E-state index in [2.05, 4.69) is 4.98 Å². The average Bonchev–Trinajstić information content (AvgIpc) is 3.30. The highest BCUT2D eigenvalue weighted by Crippen LogP contribution is 2.21. The fourth-order valence-corrected chi connectivity index (χ4v) is 5.63. The van der Waals surface area contributed by atoms with Gasteiger partial charge >= 0.3 is 0 Å². The third-order valence-corrected chi connectivity index (χ3v) is 7.76. The van der Waals surface area contributed by atoms with Gasteiger partial charge in [0.2, 0.25) is 15.0 Å². The smallest absolute Gasteiger partial charge is 0.254 e. The van der Waals surface area contributed by atoms with E-state index in [-0.39, 0.29) is 35.5 Å². The van der Waals surface area contributed by atoms with Gasteiger partial charge in [-0.05, 0) is 55.6 Å². The van der Waals surface area contributed by atoms with Gasteiger partial charge in [0.05, 0.1) is 30.7 Å². The zero-order valence-electron chi connectivity index (χ0n) is 21.8. The largest absolute Gasteiger partial charge is 0.331 e. The highest BCUT2D eigenvalue weighted by molar-refractivity contribution is 7.90. The van der Waals surface area contributed by atoms with Crippen LogP contribution < -0.4 is 0 Å². The molecule has 204 valence electrons. The first-order valence-electron chi connectivity index (χ1n) is 12.4. The standard InChI is InChI=1S/C29H30F2N4O3S/c1-33(2)15-16-34(28(36)24-9-6-10-26(31)17-24)20-27-18-32-29(35(27)19-22-7-4-3-5-8-22)39(37,38)21-23-11-13-25(30)14-12-23/h3-14,17-18H,15-16,19-21H2,1-2H3.